The fourth-order valence-electron chi connectivity index (χ4n) is 1.04. The zero-order valence-electron chi connectivity index (χ0n) is 7.97. The normalized spacial score (nSPS) is 12.6. The van der Waals surface area contributed by atoms with Gasteiger partial charge in [0.15, 0.2) is 0 Å². The first kappa shape index (κ1) is 13.1. The van der Waals surface area contributed by atoms with Crippen molar-refractivity contribution < 1.29 is 21.6 Å². The van der Waals surface area contributed by atoms with Crippen LogP contribution in [0.2, 0.25) is 5.02 Å². The summed E-state index contributed by atoms with van der Waals surface area (Å²) < 4.78 is 61.0. The first-order valence-corrected chi connectivity index (χ1v) is 6.21. The molecule has 0 aliphatic carbocycles. The molecule has 0 spiro atoms. The summed E-state index contributed by atoms with van der Waals surface area (Å²) in [6, 6.07) is 2.80. The second-order valence-corrected chi connectivity index (χ2v) is 5.25. The standard InChI is InChI=1S/C8H7ClF3NO2S/c1-16(14,15)13-7-3-2-5(9)4-6(7)8(10,11)12/h2-4,13H,1H3. The van der Waals surface area contributed by atoms with Crippen molar-refractivity contribution in [2.24, 2.45) is 0 Å². The number of anilines is 1. The van der Waals surface area contributed by atoms with E-state index in [1.807, 2.05) is 0 Å². The minimum atomic E-state index is -4.67. The summed E-state index contributed by atoms with van der Waals surface area (Å²) in [4.78, 5) is 0. The number of sulfonamides is 1. The Labute approximate surface area is 95.3 Å². The van der Waals surface area contributed by atoms with Gasteiger partial charge in [-0.3, -0.25) is 4.72 Å². The second kappa shape index (κ2) is 4.14. The highest BCUT2D eigenvalue weighted by Gasteiger charge is 2.34. The molecule has 0 fully saturated rings. The van der Waals surface area contributed by atoms with Crippen LogP contribution in [0, 0.1) is 0 Å². The van der Waals surface area contributed by atoms with Crippen LogP contribution in [0.5, 0.6) is 0 Å². The Hall–Kier alpha value is -0.950. The van der Waals surface area contributed by atoms with Crippen molar-refractivity contribution in [3.63, 3.8) is 0 Å². The lowest BCUT2D eigenvalue weighted by atomic mass is 10.2. The number of rotatable bonds is 2. The fraction of sp³-hybridized carbons (Fsp3) is 0.250. The quantitative estimate of drug-likeness (QED) is 0.900. The summed E-state index contributed by atoms with van der Waals surface area (Å²) >= 11 is 5.42. The van der Waals surface area contributed by atoms with Gasteiger partial charge in [0.2, 0.25) is 10.0 Å². The van der Waals surface area contributed by atoms with E-state index in [-0.39, 0.29) is 5.02 Å². The third kappa shape index (κ3) is 3.57. The third-order valence-corrected chi connectivity index (χ3v) is 2.41. The largest absolute Gasteiger partial charge is 0.418 e. The van der Waals surface area contributed by atoms with Gasteiger partial charge in [-0.25, -0.2) is 8.42 Å². The van der Waals surface area contributed by atoms with E-state index in [4.69, 9.17) is 11.6 Å². The summed E-state index contributed by atoms with van der Waals surface area (Å²) in [6.45, 7) is 0. The summed E-state index contributed by atoms with van der Waals surface area (Å²) in [7, 11) is -3.77. The Kier molecular flexibility index (Phi) is 3.39. The van der Waals surface area contributed by atoms with E-state index in [1.54, 1.807) is 4.72 Å². The Bertz CT molecular complexity index is 498. The highest BCUT2D eigenvalue weighted by molar-refractivity contribution is 7.92. The van der Waals surface area contributed by atoms with Crippen LogP contribution in [0.4, 0.5) is 18.9 Å². The van der Waals surface area contributed by atoms with Crippen LogP contribution in [0.3, 0.4) is 0 Å². The minimum absolute atomic E-state index is 0.119. The Morgan fingerprint density at radius 2 is 1.88 bits per heavy atom. The maximum absolute atomic E-state index is 12.5. The molecule has 0 aliphatic rings. The van der Waals surface area contributed by atoms with Gasteiger partial charge in [0, 0.05) is 5.02 Å². The summed E-state index contributed by atoms with van der Waals surface area (Å²) in [5.74, 6) is 0. The molecule has 8 heteroatoms. The van der Waals surface area contributed by atoms with Gasteiger partial charge in [-0.1, -0.05) is 11.6 Å². The van der Waals surface area contributed by atoms with Gasteiger partial charge in [-0.05, 0) is 18.2 Å². The maximum Gasteiger partial charge on any atom is 0.418 e. The first-order chi connectivity index (χ1) is 7.09. The molecule has 0 unspecified atom stereocenters. The van der Waals surface area contributed by atoms with Crippen LogP contribution < -0.4 is 4.72 Å². The van der Waals surface area contributed by atoms with Crippen LogP contribution in [0.15, 0.2) is 18.2 Å². The number of hydrogen-bond acceptors (Lipinski definition) is 2. The zero-order chi connectivity index (χ0) is 12.6. The van der Waals surface area contributed by atoms with E-state index in [0.717, 1.165) is 12.3 Å². The van der Waals surface area contributed by atoms with E-state index in [1.165, 1.54) is 6.07 Å². The Morgan fingerprint density at radius 1 is 1.31 bits per heavy atom. The molecule has 0 radical (unpaired) electrons. The predicted molar refractivity (Wildman–Crippen MR) is 54.9 cm³/mol. The Balaban J connectivity index is 3.29. The smallest absolute Gasteiger partial charge is 0.283 e. The number of hydrogen-bond donors (Lipinski definition) is 1. The molecular formula is C8H7ClF3NO2S. The zero-order valence-corrected chi connectivity index (χ0v) is 9.54. The molecule has 1 aromatic rings. The number of alkyl halides is 3. The van der Waals surface area contributed by atoms with E-state index >= 15 is 0 Å². The molecule has 0 aromatic heterocycles. The molecule has 0 bridgehead atoms. The molecule has 16 heavy (non-hydrogen) atoms. The first-order valence-electron chi connectivity index (χ1n) is 3.94. The predicted octanol–water partition coefficient (Wildman–Crippen LogP) is 2.73. The highest BCUT2D eigenvalue weighted by atomic mass is 35.5. The second-order valence-electron chi connectivity index (χ2n) is 3.06. The third-order valence-electron chi connectivity index (χ3n) is 1.58. The van der Waals surface area contributed by atoms with Gasteiger partial charge in [0.25, 0.3) is 0 Å². The molecule has 1 N–H and O–H groups in total. The SMILES string of the molecule is CS(=O)(=O)Nc1ccc(Cl)cc1C(F)(F)F. The molecule has 0 saturated heterocycles. The van der Waals surface area contributed by atoms with E-state index in [0.29, 0.717) is 6.07 Å². The molecule has 0 heterocycles. The van der Waals surface area contributed by atoms with Crippen LogP contribution in [-0.2, 0) is 16.2 Å². The molecular weight excluding hydrogens is 267 g/mol. The molecule has 0 amide bonds. The molecule has 0 atom stereocenters. The molecule has 90 valence electrons. The van der Waals surface area contributed by atoms with Gasteiger partial charge in [-0.2, -0.15) is 13.2 Å². The minimum Gasteiger partial charge on any atom is -0.283 e. The number of benzene rings is 1. The van der Waals surface area contributed by atoms with E-state index in [9.17, 15) is 21.6 Å². The van der Waals surface area contributed by atoms with E-state index < -0.39 is 27.5 Å². The maximum atomic E-state index is 12.5. The van der Waals surface area contributed by atoms with Crippen LogP contribution in [0.25, 0.3) is 0 Å². The van der Waals surface area contributed by atoms with Gasteiger partial charge in [0.05, 0.1) is 17.5 Å². The highest BCUT2D eigenvalue weighted by Crippen LogP contribution is 2.36. The van der Waals surface area contributed by atoms with Gasteiger partial charge >= 0.3 is 6.18 Å². The van der Waals surface area contributed by atoms with Crippen molar-refractivity contribution in [2.75, 3.05) is 11.0 Å². The lowest BCUT2D eigenvalue weighted by molar-refractivity contribution is -0.136. The summed E-state index contributed by atoms with van der Waals surface area (Å²) in [6.07, 6.45) is -3.90. The average Bonchev–Trinajstić information content (AvgIpc) is 2.04. The average molecular weight is 274 g/mol. The van der Waals surface area contributed by atoms with Gasteiger partial charge in [0.1, 0.15) is 0 Å². The van der Waals surface area contributed by atoms with Gasteiger partial charge < -0.3 is 0 Å². The van der Waals surface area contributed by atoms with Crippen molar-refractivity contribution in [3.8, 4) is 0 Å². The summed E-state index contributed by atoms with van der Waals surface area (Å²) in [5.41, 5.74) is -1.66. The molecule has 0 saturated carbocycles. The molecule has 1 aromatic carbocycles. The van der Waals surface area contributed by atoms with Crippen molar-refractivity contribution in [2.45, 2.75) is 6.18 Å². The summed E-state index contributed by atoms with van der Waals surface area (Å²) in [5, 5.41) is -0.119. The van der Waals surface area contributed by atoms with Gasteiger partial charge in [-0.15, -0.1) is 0 Å². The van der Waals surface area contributed by atoms with Crippen LogP contribution >= 0.6 is 11.6 Å². The Morgan fingerprint density at radius 3 is 2.31 bits per heavy atom. The van der Waals surface area contributed by atoms with E-state index in [2.05, 4.69) is 0 Å². The molecule has 0 aliphatic heterocycles. The lowest BCUT2D eigenvalue weighted by Crippen LogP contribution is -2.15. The topological polar surface area (TPSA) is 46.2 Å². The fourth-order valence-corrected chi connectivity index (χ4v) is 1.79. The molecule has 3 nitrogen and oxygen atoms in total. The number of halogens is 4. The monoisotopic (exact) mass is 273 g/mol. The number of nitrogens with one attached hydrogen (secondary N) is 1. The van der Waals surface area contributed by atoms with Crippen LogP contribution in [-0.4, -0.2) is 14.7 Å². The molecule has 1 rings (SSSR count). The van der Waals surface area contributed by atoms with Crippen molar-refractivity contribution in [3.05, 3.63) is 28.8 Å². The van der Waals surface area contributed by atoms with Crippen molar-refractivity contribution >= 4 is 27.3 Å². The van der Waals surface area contributed by atoms with Crippen molar-refractivity contribution in [1.29, 1.82) is 0 Å². The van der Waals surface area contributed by atoms with Crippen LogP contribution in [0.1, 0.15) is 5.56 Å². The van der Waals surface area contributed by atoms with Crippen molar-refractivity contribution in [1.82, 2.24) is 0 Å². The lowest BCUT2D eigenvalue weighted by Gasteiger charge is -2.13.